The van der Waals surface area contributed by atoms with Crippen molar-refractivity contribution in [2.24, 2.45) is 5.73 Å². The molecule has 7 heteroatoms. The van der Waals surface area contributed by atoms with Crippen molar-refractivity contribution in [1.29, 1.82) is 5.41 Å². The highest BCUT2D eigenvalue weighted by molar-refractivity contribution is 6.65. The third-order valence-corrected chi connectivity index (χ3v) is 5.45. The van der Waals surface area contributed by atoms with Gasteiger partial charge in [-0.15, -0.1) is 0 Å². The fourth-order valence-electron chi connectivity index (χ4n) is 1.23. The summed E-state index contributed by atoms with van der Waals surface area (Å²) in [6, 6.07) is 0.979. The average Bonchev–Trinajstić information content (AvgIpc) is 2.27. The molecule has 0 radical (unpaired) electrons. The van der Waals surface area contributed by atoms with Crippen LogP contribution >= 0.6 is 0 Å². The maximum absolute atomic E-state index is 6.95. The average molecular weight is 248 g/mol. The molecule has 0 aliphatic carbocycles. The first-order valence-corrected chi connectivity index (χ1v) is 7.95. The summed E-state index contributed by atoms with van der Waals surface area (Å²) in [5, 5.41) is 12.9. The molecule has 0 spiro atoms. The summed E-state index contributed by atoms with van der Waals surface area (Å²) in [6.07, 6.45) is 1.03. The van der Waals surface area contributed by atoms with Crippen molar-refractivity contribution in [1.82, 2.24) is 10.6 Å². The molecule has 0 aliphatic rings. The van der Waals surface area contributed by atoms with Crippen molar-refractivity contribution in [3.63, 3.8) is 0 Å². The van der Waals surface area contributed by atoms with E-state index in [1.807, 2.05) is 0 Å². The van der Waals surface area contributed by atoms with Crippen LogP contribution in [0.4, 0.5) is 0 Å². The molecule has 0 aromatic heterocycles. The van der Waals surface area contributed by atoms with E-state index < -0.39 is 8.56 Å². The molecule has 0 bridgehead atoms. The van der Waals surface area contributed by atoms with E-state index in [4.69, 9.17) is 20.0 Å². The Labute approximate surface area is 98.6 Å². The maximum atomic E-state index is 6.95. The molecule has 0 saturated heterocycles. The monoisotopic (exact) mass is 248 g/mol. The summed E-state index contributed by atoms with van der Waals surface area (Å²) in [7, 11) is 1.52. The van der Waals surface area contributed by atoms with E-state index >= 15 is 0 Å². The van der Waals surface area contributed by atoms with Gasteiger partial charge in [0.15, 0.2) is 5.96 Å². The van der Waals surface area contributed by atoms with Crippen molar-refractivity contribution in [2.75, 3.05) is 33.9 Å². The predicted molar refractivity (Wildman–Crippen MR) is 67.8 cm³/mol. The summed E-state index contributed by atoms with van der Waals surface area (Å²) in [5.74, 6) is 0.0144. The smallest absolute Gasteiger partial charge is 0.334 e. The molecule has 0 rings (SSSR count). The third-order valence-electron chi connectivity index (χ3n) is 2.47. The van der Waals surface area contributed by atoms with Crippen LogP contribution in [0.5, 0.6) is 0 Å². The Kier molecular flexibility index (Phi) is 8.17. The summed E-state index contributed by atoms with van der Waals surface area (Å²) in [4.78, 5) is 0. The largest absolute Gasteiger partial charge is 0.398 e. The topological polar surface area (TPSA) is 92.4 Å². The van der Waals surface area contributed by atoms with Gasteiger partial charge in [0.05, 0.1) is 0 Å². The Morgan fingerprint density at radius 2 is 1.88 bits per heavy atom. The molecule has 0 saturated carbocycles. The van der Waals surface area contributed by atoms with Gasteiger partial charge in [-0.3, -0.25) is 5.41 Å². The maximum Gasteiger partial charge on any atom is 0.334 e. The second-order valence-electron chi connectivity index (χ2n) is 3.74. The van der Waals surface area contributed by atoms with E-state index in [9.17, 15) is 0 Å². The van der Waals surface area contributed by atoms with Crippen LogP contribution in [0.1, 0.15) is 6.42 Å². The molecule has 0 fully saturated rings. The van der Waals surface area contributed by atoms with E-state index in [0.717, 1.165) is 25.6 Å². The lowest BCUT2D eigenvalue weighted by Crippen LogP contribution is -2.38. The highest BCUT2D eigenvalue weighted by atomic mass is 28.4. The second-order valence-corrected chi connectivity index (χ2v) is 7.32. The normalized spacial score (nSPS) is 11.4. The molecular formula is C9H24N4O2Si. The van der Waals surface area contributed by atoms with Gasteiger partial charge >= 0.3 is 8.56 Å². The zero-order valence-corrected chi connectivity index (χ0v) is 11.4. The zero-order valence-electron chi connectivity index (χ0n) is 10.4. The Morgan fingerprint density at radius 3 is 2.38 bits per heavy atom. The number of guanidine groups is 1. The van der Waals surface area contributed by atoms with Gasteiger partial charge in [0.2, 0.25) is 0 Å². The van der Waals surface area contributed by atoms with Crippen LogP contribution in [0.25, 0.3) is 0 Å². The number of rotatable bonds is 9. The number of hydrogen-bond acceptors (Lipinski definition) is 4. The minimum Gasteiger partial charge on any atom is -0.398 e. The number of nitrogens with two attached hydrogens (primary N) is 1. The fraction of sp³-hybridized carbons (Fsp3) is 0.889. The molecule has 16 heavy (non-hydrogen) atoms. The quantitative estimate of drug-likeness (QED) is 0.196. The molecule has 6 nitrogen and oxygen atoms in total. The van der Waals surface area contributed by atoms with Crippen LogP contribution in [-0.4, -0.2) is 48.4 Å². The number of nitrogens with one attached hydrogen (secondary N) is 3. The standard InChI is InChI=1S/C9H24N4O2Si/c1-14-16(3,15-2)8-4-5-12-6-7-13-9(10)11/h12H,4-8H2,1-3H3,(H4,10,11,13). The lowest BCUT2D eigenvalue weighted by atomic mass is 10.4. The molecule has 0 aromatic rings. The molecule has 96 valence electrons. The van der Waals surface area contributed by atoms with Crippen LogP contribution in [0.15, 0.2) is 0 Å². The van der Waals surface area contributed by atoms with Crippen LogP contribution in [0, 0.1) is 5.41 Å². The van der Waals surface area contributed by atoms with Crippen molar-refractivity contribution in [3.8, 4) is 0 Å². The zero-order chi connectivity index (χ0) is 12.4. The van der Waals surface area contributed by atoms with E-state index in [0.29, 0.717) is 6.54 Å². The van der Waals surface area contributed by atoms with Crippen LogP contribution in [-0.2, 0) is 8.85 Å². The second kappa shape index (κ2) is 8.51. The lowest BCUT2D eigenvalue weighted by Gasteiger charge is -2.22. The molecular weight excluding hydrogens is 224 g/mol. The Morgan fingerprint density at radius 1 is 1.25 bits per heavy atom. The molecule has 5 N–H and O–H groups in total. The minimum absolute atomic E-state index is 0.0144. The van der Waals surface area contributed by atoms with E-state index in [1.54, 1.807) is 14.2 Å². The van der Waals surface area contributed by atoms with Crippen LogP contribution in [0.3, 0.4) is 0 Å². The van der Waals surface area contributed by atoms with Crippen LogP contribution in [0.2, 0.25) is 12.6 Å². The molecule has 0 heterocycles. The van der Waals surface area contributed by atoms with E-state index in [-0.39, 0.29) is 5.96 Å². The Balaban J connectivity index is 3.36. The lowest BCUT2D eigenvalue weighted by molar-refractivity contribution is 0.248. The molecule has 0 amide bonds. The highest BCUT2D eigenvalue weighted by Gasteiger charge is 2.27. The van der Waals surface area contributed by atoms with Gasteiger partial charge in [-0.2, -0.15) is 0 Å². The van der Waals surface area contributed by atoms with Crippen molar-refractivity contribution in [3.05, 3.63) is 0 Å². The van der Waals surface area contributed by atoms with Gasteiger partial charge in [-0.1, -0.05) is 0 Å². The van der Waals surface area contributed by atoms with Gasteiger partial charge in [0.25, 0.3) is 0 Å². The summed E-state index contributed by atoms with van der Waals surface area (Å²) >= 11 is 0. The summed E-state index contributed by atoms with van der Waals surface area (Å²) in [6.45, 7) is 4.47. The molecule has 0 atom stereocenters. The molecule has 0 aromatic carbocycles. The van der Waals surface area contributed by atoms with Crippen molar-refractivity contribution in [2.45, 2.75) is 19.0 Å². The van der Waals surface area contributed by atoms with Crippen molar-refractivity contribution < 1.29 is 8.85 Å². The highest BCUT2D eigenvalue weighted by Crippen LogP contribution is 2.12. The first-order chi connectivity index (χ1) is 7.54. The third kappa shape index (κ3) is 7.63. The van der Waals surface area contributed by atoms with Gasteiger partial charge in [-0.25, -0.2) is 0 Å². The fourth-order valence-corrected chi connectivity index (χ4v) is 2.63. The SMILES string of the molecule is CO[Si](C)(CCCNCCNC(=N)N)OC. The van der Waals surface area contributed by atoms with E-state index in [1.165, 1.54) is 0 Å². The van der Waals surface area contributed by atoms with Crippen molar-refractivity contribution >= 4 is 14.5 Å². The van der Waals surface area contributed by atoms with Gasteiger partial charge in [0.1, 0.15) is 0 Å². The Bertz CT molecular complexity index is 200. The molecule has 0 unspecified atom stereocenters. The molecule has 0 aliphatic heterocycles. The Hall–Kier alpha value is -0.633. The predicted octanol–water partition coefficient (Wildman–Crippen LogP) is -0.186. The first-order valence-electron chi connectivity index (χ1n) is 5.43. The van der Waals surface area contributed by atoms with Gasteiger partial charge in [0, 0.05) is 27.3 Å². The van der Waals surface area contributed by atoms with Gasteiger partial charge in [-0.05, 0) is 25.6 Å². The van der Waals surface area contributed by atoms with Gasteiger partial charge < -0.3 is 25.2 Å². The summed E-state index contributed by atoms with van der Waals surface area (Å²) < 4.78 is 10.8. The number of hydrogen-bond donors (Lipinski definition) is 4. The van der Waals surface area contributed by atoms with E-state index in [2.05, 4.69) is 17.2 Å². The first kappa shape index (κ1) is 15.4. The summed E-state index contributed by atoms with van der Waals surface area (Å²) in [5.41, 5.74) is 5.14. The van der Waals surface area contributed by atoms with Crippen LogP contribution < -0.4 is 16.4 Å². The minimum atomic E-state index is -1.89.